The van der Waals surface area contributed by atoms with Crippen LogP contribution >= 0.6 is 12.2 Å². The number of aryl methyl sites for hydroxylation is 2. The third-order valence-corrected chi connectivity index (χ3v) is 6.54. The van der Waals surface area contributed by atoms with Crippen molar-refractivity contribution < 1.29 is 19.5 Å². The number of carbonyl (C=O) groups excluding carboxylic acids is 2. The molecule has 0 saturated carbocycles. The quantitative estimate of drug-likeness (QED) is 0.271. The maximum atomic E-state index is 13.4. The summed E-state index contributed by atoms with van der Waals surface area (Å²) in [5, 5.41) is 11.8. The average Bonchev–Trinajstić information content (AvgIpc) is 3.13. The Morgan fingerprint density at radius 3 is 2.28 bits per heavy atom. The molecule has 4 rings (SSSR count). The summed E-state index contributed by atoms with van der Waals surface area (Å²) >= 11 is 5.33. The molecule has 1 fully saturated rings. The highest BCUT2D eigenvalue weighted by Crippen LogP contribution is 2.26. The first-order valence-corrected chi connectivity index (χ1v) is 12.1. The molecule has 0 bridgehead atoms. The van der Waals surface area contributed by atoms with Gasteiger partial charge in [-0.25, -0.2) is 4.79 Å². The Morgan fingerprint density at radius 2 is 1.67 bits per heavy atom. The molecule has 0 atom stereocenters. The standard InChI is InChI=1S/C28H27N3O4S/c1-4-5-6-19-7-11-23(12-8-19)31-26(33)24(25(32)29-28(31)36)16-21-15-17(2)30(18(21)3)22-13-9-20(10-14-22)27(34)35/h7-16H,4-6H2,1-3H3,(H,34,35)(H,29,32,36). The van der Waals surface area contributed by atoms with E-state index in [2.05, 4.69) is 12.2 Å². The lowest BCUT2D eigenvalue weighted by Gasteiger charge is -2.29. The number of nitrogens with zero attached hydrogens (tertiary/aromatic N) is 2. The number of carboxylic acids is 1. The lowest BCUT2D eigenvalue weighted by atomic mass is 10.1. The molecule has 8 heteroatoms. The molecule has 1 aliphatic rings. The first-order chi connectivity index (χ1) is 17.2. The van der Waals surface area contributed by atoms with E-state index in [0.29, 0.717) is 11.3 Å². The molecule has 7 nitrogen and oxygen atoms in total. The maximum Gasteiger partial charge on any atom is 0.335 e. The molecule has 3 aromatic rings. The molecule has 2 heterocycles. The number of anilines is 1. The number of amides is 2. The summed E-state index contributed by atoms with van der Waals surface area (Å²) in [5.41, 5.74) is 5.13. The van der Waals surface area contributed by atoms with E-state index in [0.717, 1.165) is 36.3 Å². The fourth-order valence-electron chi connectivity index (χ4n) is 4.32. The number of hydrogen-bond donors (Lipinski definition) is 2. The van der Waals surface area contributed by atoms with Crippen molar-refractivity contribution in [2.45, 2.75) is 40.0 Å². The smallest absolute Gasteiger partial charge is 0.335 e. The van der Waals surface area contributed by atoms with Crippen LogP contribution in [0.2, 0.25) is 0 Å². The molecule has 2 aromatic carbocycles. The molecule has 0 spiro atoms. The summed E-state index contributed by atoms with van der Waals surface area (Å²) in [7, 11) is 0. The predicted octanol–water partition coefficient (Wildman–Crippen LogP) is 4.97. The zero-order valence-electron chi connectivity index (χ0n) is 20.4. The van der Waals surface area contributed by atoms with Crippen LogP contribution in [0.3, 0.4) is 0 Å². The van der Waals surface area contributed by atoms with Crippen molar-refractivity contribution in [1.82, 2.24) is 9.88 Å². The van der Waals surface area contributed by atoms with Gasteiger partial charge in [0.25, 0.3) is 11.8 Å². The van der Waals surface area contributed by atoms with Gasteiger partial charge in [-0.05, 0) is 98.6 Å². The summed E-state index contributed by atoms with van der Waals surface area (Å²) in [6.45, 7) is 5.93. The van der Waals surface area contributed by atoms with Crippen LogP contribution in [0, 0.1) is 13.8 Å². The van der Waals surface area contributed by atoms with Crippen LogP contribution in [-0.4, -0.2) is 32.6 Å². The molecule has 36 heavy (non-hydrogen) atoms. The summed E-state index contributed by atoms with van der Waals surface area (Å²) in [4.78, 5) is 38.7. The number of carbonyl (C=O) groups is 3. The van der Waals surface area contributed by atoms with Crippen LogP contribution in [0.4, 0.5) is 5.69 Å². The van der Waals surface area contributed by atoms with Gasteiger partial charge in [0, 0.05) is 17.1 Å². The number of aromatic carboxylic acids is 1. The Bertz CT molecular complexity index is 1390. The van der Waals surface area contributed by atoms with E-state index in [1.165, 1.54) is 10.5 Å². The average molecular weight is 502 g/mol. The second-order valence-electron chi connectivity index (χ2n) is 8.74. The van der Waals surface area contributed by atoms with Crippen molar-refractivity contribution in [3.8, 4) is 5.69 Å². The second kappa shape index (κ2) is 10.3. The van der Waals surface area contributed by atoms with Crippen LogP contribution in [0.5, 0.6) is 0 Å². The van der Waals surface area contributed by atoms with Crippen molar-refractivity contribution in [1.29, 1.82) is 0 Å². The Hall–Kier alpha value is -4.04. The summed E-state index contributed by atoms with van der Waals surface area (Å²) in [6, 6.07) is 16.1. The largest absolute Gasteiger partial charge is 0.478 e. The molecule has 1 aromatic heterocycles. The Labute approximate surface area is 215 Å². The summed E-state index contributed by atoms with van der Waals surface area (Å²) < 4.78 is 1.95. The van der Waals surface area contributed by atoms with Crippen molar-refractivity contribution in [3.63, 3.8) is 0 Å². The molecule has 1 aliphatic heterocycles. The number of unbranched alkanes of at least 4 members (excludes halogenated alkanes) is 1. The highest BCUT2D eigenvalue weighted by atomic mass is 32.1. The van der Waals surface area contributed by atoms with Gasteiger partial charge in [0.15, 0.2) is 5.11 Å². The van der Waals surface area contributed by atoms with E-state index in [1.54, 1.807) is 30.3 Å². The van der Waals surface area contributed by atoms with Gasteiger partial charge >= 0.3 is 5.97 Å². The molecule has 0 unspecified atom stereocenters. The minimum absolute atomic E-state index is 0.0138. The number of nitrogens with one attached hydrogen (secondary N) is 1. The monoisotopic (exact) mass is 501 g/mol. The molecule has 2 amide bonds. The number of benzene rings is 2. The zero-order chi connectivity index (χ0) is 26.0. The van der Waals surface area contributed by atoms with Crippen molar-refractivity contribution in [2.75, 3.05) is 4.90 Å². The number of rotatable bonds is 7. The van der Waals surface area contributed by atoms with Crippen LogP contribution in [0.1, 0.15) is 52.6 Å². The number of carboxylic acid groups (broad SMARTS) is 1. The molecule has 0 radical (unpaired) electrons. The normalized spacial score (nSPS) is 14.9. The Morgan fingerprint density at radius 1 is 1.03 bits per heavy atom. The van der Waals surface area contributed by atoms with Gasteiger partial charge in [-0.3, -0.25) is 19.8 Å². The second-order valence-corrected chi connectivity index (χ2v) is 9.13. The molecule has 184 valence electrons. The van der Waals surface area contributed by atoms with Crippen molar-refractivity contribution in [3.05, 3.63) is 88.2 Å². The molecular formula is C28H27N3O4S. The van der Waals surface area contributed by atoms with Crippen LogP contribution in [0.15, 0.2) is 60.2 Å². The zero-order valence-corrected chi connectivity index (χ0v) is 21.2. The predicted molar refractivity (Wildman–Crippen MR) is 143 cm³/mol. The van der Waals surface area contributed by atoms with Crippen molar-refractivity contribution in [2.24, 2.45) is 0 Å². The molecule has 1 saturated heterocycles. The topological polar surface area (TPSA) is 91.6 Å². The van der Waals surface area contributed by atoms with E-state index in [4.69, 9.17) is 17.3 Å². The third-order valence-electron chi connectivity index (χ3n) is 6.26. The highest BCUT2D eigenvalue weighted by Gasteiger charge is 2.34. The van der Waals surface area contributed by atoms with E-state index in [1.807, 2.05) is 48.7 Å². The number of hydrogen-bond acceptors (Lipinski definition) is 4. The Kier molecular flexibility index (Phi) is 7.17. The van der Waals surface area contributed by atoms with Gasteiger partial charge in [0.05, 0.1) is 11.3 Å². The van der Waals surface area contributed by atoms with Gasteiger partial charge in [-0.2, -0.15) is 0 Å². The van der Waals surface area contributed by atoms with Gasteiger partial charge in [-0.1, -0.05) is 25.5 Å². The maximum absolute atomic E-state index is 13.4. The Balaban J connectivity index is 1.67. The summed E-state index contributed by atoms with van der Waals surface area (Å²) in [5.74, 6) is -2.02. The fourth-order valence-corrected chi connectivity index (χ4v) is 4.61. The van der Waals surface area contributed by atoms with Gasteiger partial charge in [-0.15, -0.1) is 0 Å². The first kappa shape index (κ1) is 25.1. The highest BCUT2D eigenvalue weighted by molar-refractivity contribution is 7.80. The van der Waals surface area contributed by atoms with Gasteiger partial charge in [0.1, 0.15) is 5.57 Å². The number of aromatic nitrogens is 1. The minimum atomic E-state index is -0.993. The molecule has 0 aliphatic carbocycles. The van der Waals surface area contributed by atoms with Crippen LogP contribution in [-0.2, 0) is 16.0 Å². The minimum Gasteiger partial charge on any atom is -0.478 e. The first-order valence-electron chi connectivity index (χ1n) is 11.7. The number of thiocarbonyl (C=S) groups is 1. The van der Waals surface area contributed by atoms with E-state index in [9.17, 15) is 14.4 Å². The fraction of sp³-hybridized carbons (Fsp3) is 0.214. The lowest BCUT2D eigenvalue weighted by Crippen LogP contribution is -2.54. The molecule has 2 N–H and O–H groups in total. The van der Waals surface area contributed by atoms with E-state index < -0.39 is 17.8 Å². The van der Waals surface area contributed by atoms with Gasteiger partial charge in [0.2, 0.25) is 0 Å². The summed E-state index contributed by atoms with van der Waals surface area (Å²) in [6.07, 6.45) is 4.73. The van der Waals surface area contributed by atoms with Crippen LogP contribution in [0.25, 0.3) is 11.8 Å². The lowest BCUT2D eigenvalue weighted by molar-refractivity contribution is -0.122. The van der Waals surface area contributed by atoms with E-state index >= 15 is 0 Å². The SMILES string of the molecule is CCCCc1ccc(N2C(=O)C(=Cc3cc(C)n(-c4ccc(C(=O)O)cc4)c3C)C(=O)NC2=S)cc1. The van der Waals surface area contributed by atoms with Crippen molar-refractivity contribution >= 4 is 46.9 Å². The van der Waals surface area contributed by atoms with Gasteiger partial charge < -0.3 is 9.67 Å². The van der Waals surface area contributed by atoms with Crippen LogP contribution < -0.4 is 10.2 Å². The van der Waals surface area contributed by atoms with E-state index in [-0.39, 0.29) is 16.2 Å². The molecular weight excluding hydrogens is 474 g/mol. The third kappa shape index (κ3) is 4.85.